The van der Waals surface area contributed by atoms with Crippen molar-refractivity contribution in [3.05, 3.63) is 0 Å². The van der Waals surface area contributed by atoms with Gasteiger partial charge in [-0.15, -0.1) is 0 Å². The first kappa shape index (κ1) is 17.2. The molecule has 2 heterocycles. The Morgan fingerprint density at radius 2 is 1.50 bits per heavy atom. The van der Waals surface area contributed by atoms with E-state index in [1.165, 1.54) is 4.31 Å². The maximum atomic E-state index is 12.5. The standard InChI is InChI=1S/C14H25N3O4S/c1-2-22(20,21)17-9-5-12(6-10-17)14(19)16-7-3-11(4-8-16)13(15)18/h11-12H,2-10H2,1H3,(H2,15,18). The number of hydrogen-bond acceptors (Lipinski definition) is 4. The molecule has 2 amide bonds. The molecule has 2 aliphatic rings. The van der Waals surface area contributed by atoms with Crippen LogP contribution in [0.3, 0.4) is 0 Å². The number of carbonyl (C=O) groups is 2. The normalized spacial score (nSPS) is 22.7. The van der Waals surface area contributed by atoms with Crippen LogP contribution in [0.15, 0.2) is 0 Å². The highest BCUT2D eigenvalue weighted by molar-refractivity contribution is 7.89. The Balaban J connectivity index is 1.85. The van der Waals surface area contributed by atoms with Gasteiger partial charge in [-0.25, -0.2) is 12.7 Å². The fourth-order valence-corrected chi connectivity index (χ4v) is 4.34. The summed E-state index contributed by atoms with van der Waals surface area (Å²) in [5.74, 6) is -0.317. The Labute approximate surface area is 131 Å². The van der Waals surface area contributed by atoms with Gasteiger partial charge in [0.2, 0.25) is 21.8 Å². The molecule has 2 aliphatic heterocycles. The van der Waals surface area contributed by atoms with Crippen molar-refractivity contribution < 1.29 is 18.0 Å². The number of nitrogens with two attached hydrogens (primary N) is 1. The number of likely N-dealkylation sites (tertiary alicyclic amines) is 1. The molecule has 22 heavy (non-hydrogen) atoms. The minimum Gasteiger partial charge on any atom is -0.369 e. The highest BCUT2D eigenvalue weighted by Gasteiger charge is 2.34. The number of primary amides is 1. The molecule has 8 heteroatoms. The molecule has 2 saturated heterocycles. The van der Waals surface area contributed by atoms with Crippen LogP contribution in [-0.4, -0.2) is 61.4 Å². The Hall–Kier alpha value is -1.15. The molecule has 0 aliphatic carbocycles. The van der Waals surface area contributed by atoms with Crippen LogP contribution in [0.2, 0.25) is 0 Å². The molecular formula is C14H25N3O4S. The average molecular weight is 331 g/mol. The summed E-state index contributed by atoms with van der Waals surface area (Å²) in [5.41, 5.74) is 5.30. The Morgan fingerprint density at radius 1 is 1.00 bits per heavy atom. The molecule has 0 bridgehead atoms. The fourth-order valence-electron chi connectivity index (χ4n) is 3.21. The van der Waals surface area contributed by atoms with E-state index in [-0.39, 0.29) is 29.4 Å². The van der Waals surface area contributed by atoms with Gasteiger partial charge in [-0.05, 0) is 32.6 Å². The van der Waals surface area contributed by atoms with E-state index < -0.39 is 10.0 Å². The third kappa shape index (κ3) is 3.78. The summed E-state index contributed by atoms with van der Waals surface area (Å²) in [4.78, 5) is 25.4. The van der Waals surface area contributed by atoms with Gasteiger partial charge in [0.15, 0.2) is 0 Å². The smallest absolute Gasteiger partial charge is 0.225 e. The molecule has 0 atom stereocenters. The number of rotatable bonds is 4. The molecule has 0 aromatic heterocycles. The Morgan fingerprint density at radius 3 is 1.95 bits per heavy atom. The number of carbonyl (C=O) groups excluding carboxylic acids is 2. The molecule has 0 spiro atoms. The first-order valence-corrected chi connectivity index (χ1v) is 9.52. The third-order valence-electron chi connectivity index (χ3n) is 4.77. The third-order valence-corrected chi connectivity index (χ3v) is 6.65. The van der Waals surface area contributed by atoms with E-state index in [4.69, 9.17) is 5.73 Å². The maximum absolute atomic E-state index is 12.5. The summed E-state index contributed by atoms with van der Waals surface area (Å²) >= 11 is 0. The second-order valence-electron chi connectivity index (χ2n) is 6.08. The average Bonchev–Trinajstić information content (AvgIpc) is 2.54. The van der Waals surface area contributed by atoms with Crippen LogP contribution in [-0.2, 0) is 19.6 Å². The predicted molar refractivity (Wildman–Crippen MR) is 82.3 cm³/mol. The Bertz CT molecular complexity index is 518. The largest absolute Gasteiger partial charge is 0.369 e. The van der Waals surface area contributed by atoms with Crippen molar-refractivity contribution in [3.8, 4) is 0 Å². The SMILES string of the molecule is CCS(=O)(=O)N1CCC(C(=O)N2CCC(C(N)=O)CC2)CC1. The van der Waals surface area contributed by atoms with Crippen molar-refractivity contribution in [1.82, 2.24) is 9.21 Å². The van der Waals surface area contributed by atoms with Crippen LogP contribution in [0.4, 0.5) is 0 Å². The van der Waals surface area contributed by atoms with Gasteiger partial charge in [-0.3, -0.25) is 9.59 Å². The van der Waals surface area contributed by atoms with E-state index in [9.17, 15) is 18.0 Å². The molecule has 0 aromatic rings. The second-order valence-corrected chi connectivity index (χ2v) is 8.33. The van der Waals surface area contributed by atoms with Crippen LogP contribution in [0.25, 0.3) is 0 Å². The number of nitrogens with zero attached hydrogens (tertiary/aromatic N) is 2. The van der Waals surface area contributed by atoms with Crippen molar-refractivity contribution in [2.24, 2.45) is 17.6 Å². The summed E-state index contributed by atoms with van der Waals surface area (Å²) in [5, 5.41) is 0. The summed E-state index contributed by atoms with van der Waals surface area (Å²) in [6, 6.07) is 0. The quantitative estimate of drug-likeness (QED) is 0.769. The van der Waals surface area contributed by atoms with Crippen LogP contribution < -0.4 is 5.73 Å². The van der Waals surface area contributed by atoms with Crippen molar-refractivity contribution in [2.75, 3.05) is 31.9 Å². The zero-order valence-electron chi connectivity index (χ0n) is 13.0. The van der Waals surface area contributed by atoms with E-state index in [2.05, 4.69) is 0 Å². The lowest BCUT2D eigenvalue weighted by molar-refractivity contribution is -0.139. The topological polar surface area (TPSA) is 101 Å². The van der Waals surface area contributed by atoms with Gasteiger partial charge in [0.1, 0.15) is 0 Å². The van der Waals surface area contributed by atoms with E-state index >= 15 is 0 Å². The second kappa shape index (κ2) is 6.95. The van der Waals surface area contributed by atoms with Crippen LogP contribution in [0.1, 0.15) is 32.6 Å². The highest BCUT2D eigenvalue weighted by Crippen LogP contribution is 2.24. The molecule has 126 valence electrons. The summed E-state index contributed by atoms with van der Waals surface area (Å²) < 4.78 is 25.1. The van der Waals surface area contributed by atoms with Gasteiger partial charge in [0.05, 0.1) is 5.75 Å². The van der Waals surface area contributed by atoms with Gasteiger partial charge in [-0.2, -0.15) is 0 Å². The van der Waals surface area contributed by atoms with E-state index in [1.54, 1.807) is 11.8 Å². The van der Waals surface area contributed by atoms with Gasteiger partial charge >= 0.3 is 0 Å². The van der Waals surface area contributed by atoms with Gasteiger partial charge in [0.25, 0.3) is 0 Å². The zero-order chi connectivity index (χ0) is 16.3. The van der Waals surface area contributed by atoms with Crippen LogP contribution >= 0.6 is 0 Å². The minimum atomic E-state index is -3.15. The fraction of sp³-hybridized carbons (Fsp3) is 0.857. The van der Waals surface area contributed by atoms with E-state index in [0.717, 1.165) is 0 Å². The van der Waals surface area contributed by atoms with Crippen molar-refractivity contribution >= 4 is 21.8 Å². The maximum Gasteiger partial charge on any atom is 0.225 e. The molecule has 0 aromatic carbocycles. The molecule has 0 saturated carbocycles. The molecule has 7 nitrogen and oxygen atoms in total. The molecular weight excluding hydrogens is 306 g/mol. The first-order chi connectivity index (χ1) is 10.3. The lowest BCUT2D eigenvalue weighted by Gasteiger charge is -2.36. The van der Waals surface area contributed by atoms with Gasteiger partial charge in [-0.1, -0.05) is 0 Å². The molecule has 2 fully saturated rings. The minimum absolute atomic E-state index is 0.0940. The number of amides is 2. The molecule has 0 radical (unpaired) electrons. The number of hydrogen-bond donors (Lipinski definition) is 1. The predicted octanol–water partition coefficient (Wildman–Crippen LogP) is -0.228. The van der Waals surface area contributed by atoms with Crippen molar-refractivity contribution in [3.63, 3.8) is 0 Å². The summed E-state index contributed by atoms with van der Waals surface area (Å²) in [6.07, 6.45) is 2.41. The van der Waals surface area contributed by atoms with Crippen LogP contribution in [0.5, 0.6) is 0 Å². The highest BCUT2D eigenvalue weighted by atomic mass is 32.2. The Kier molecular flexibility index (Phi) is 5.44. The van der Waals surface area contributed by atoms with Gasteiger partial charge < -0.3 is 10.6 Å². The molecule has 0 unspecified atom stereocenters. The van der Waals surface area contributed by atoms with Crippen molar-refractivity contribution in [2.45, 2.75) is 32.6 Å². The zero-order valence-corrected chi connectivity index (χ0v) is 13.8. The van der Waals surface area contributed by atoms with Crippen LogP contribution in [0, 0.1) is 11.8 Å². The number of sulfonamides is 1. The number of piperidine rings is 2. The molecule has 2 N–H and O–H groups in total. The summed E-state index contributed by atoms with van der Waals surface area (Å²) in [6.45, 7) is 3.62. The van der Waals surface area contributed by atoms with Crippen molar-refractivity contribution in [1.29, 1.82) is 0 Å². The van der Waals surface area contributed by atoms with E-state index in [0.29, 0.717) is 51.9 Å². The van der Waals surface area contributed by atoms with E-state index in [1.807, 2.05) is 0 Å². The monoisotopic (exact) mass is 331 g/mol. The molecule has 2 rings (SSSR count). The summed E-state index contributed by atoms with van der Waals surface area (Å²) in [7, 11) is -3.15. The van der Waals surface area contributed by atoms with Gasteiger partial charge in [0, 0.05) is 38.0 Å². The first-order valence-electron chi connectivity index (χ1n) is 7.91. The lowest BCUT2D eigenvalue weighted by atomic mass is 9.92. The lowest BCUT2D eigenvalue weighted by Crippen LogP contribution is -2.47.